The summed E-state index contributed by atoms with van der Waals surface area (Å²) in [5.74, 6) is -0.191. The van der Waals surface area contributed by atoms with Crippen LogP contribution in [-0.4, -0.2) is 65.3 Å². The monoisotopic (exact) mass is 423 g/mol. The van der Waals surface area contributed by atoms with Crippen molar-refractivity contribution in [1.29, 1.82) is 0 Å². The molecule has 0 bridgehead atoms. The third-order valence-corrected chi connectivity index (χ3v) is 5.78. The van der Waals surface area contributed by atoms with Crippen molar-refractivity contribution in [3.8, 4) is 5.69 Å². The topological polar surface area (TPSA) is 53.4 Å². The number of hydrogen-bond acceptors (Lipinski definition) is 4. The van der Waals surface area contributed by atoms with Crippen molar-refractivity contribution in [2.24, 2.45) is 0 Å². The maximum atomic E-state index is 13.0. The van der Waals surface area contributed by atoms with Crippen LogP contribution < -0.4 is 5.32 Å². The minimum Gasteiger partial charge on any atom is -0.343 e. The van der Waals surface area contributed by atoms with E-state index in [9.17, 15) is 4.79 Å². The molecule has 1 saturated heterocycles. The number of carbonyl (C=O) groups excluding carboxylic acids is 1. The van der Waals surface area contributed by atoms with Crippen LogP contribution in [0, 0.1) is 0 Å². The first kappa shape index (κ1) is 20.6. The summed E-state index contributed by atoms with van der Waals surface area (Å²) in [6.07, 6.45) is 1.76. The molecule has 0 spiro atoms. The molecule has 1 aliphatic heterocycles. The number of hydrogen-bond donors (Lipinski definition) is 1. The molecule has 0 saturated carbocycles. The van der Waals surface area contributed by atoms with Crippen LogP contribution >= 0.6 is 11.6 Å². The van der Waals surface area contributed by atoms with Gasteiger partial charge in [-0.1, -0.05) is 54.1 Å². The van der Waals surface area contributed by atoms with E-state index < -0.39 is 0 Å². The molecule has 1 atom stereocenters. The number of rotatable bonds is 6. The summed E-state index contributed by atoms with van der Waals surface area (Å²) in [7, 11) is 2.14. The van der Waals surface area contributed by atoms with Crippen LogP contribution in [0.25, 0.3) is 5.69 Å². The summed E-state index contributed by atoms with van der Waals surface area (Å²) >= 11 is 6.26. The Hall–Kier alpha value is -2.67. The van der Waals surface area contributed by atoms with Crippen molar-refractivity contribution in [3.05, 3.63) is 83.1 Å². The van der Waals surface area contributed by atoms with E-state index in [0.29, 0.717) is 10.7 Å². The highest BCUT2D eigenvalue weighted by Crippen LogP contribution is 2.20. The molecule has 4 rings (SSSR count). The van der Waals surface area contributed by atoms with Gasteiger partial charge in [0, 0.05) is 38.9 Å². The number of para-hydroxylation sites is 1. The molecule has 1 amide bonds. The Kier molecular flexibility index (Phi) is 6.47. The van der Waals surface area contributed by atoms with E-state index >= 15 is 0 Å². The van der Waals surface area contributed by atoms with E-state index in [4.69, 9.17) is 11.6 Å². The molecule has 1 N–H and O–H groups in total. The number of halogens is 1. The first-order valence-electron chi connectivity index (χ1n) is 10.2. The zero-order valence-electron chi connectivity index (χ0n) is 17.0. The molecule has 0 aliphatic carbocycles. The van der Waals surface area contributed by atoms with Crippen LogP contribution in [0.4, 0.5) is 0 Å². The SMILES string of the molecule is CN1CCN(CC(NC(=O)c2ccn(-c3ccccc3Cl)n2)c2ccccc2)CC1. The largest absolute Gasteiger partial charge is 0.343 e. The predicted octanol–water partition coefficient (Wildman–Crippen LogP) is 3.24. The van der Waals surface area contributed by atoms with Gasteiger partial charge in [0.05, 0.1) is 16.8 Å². The average Bonchev–Trinajstić information content (AvgIpc) is 3.26. The Labute approximate surface area is 182 Å². The van der Waals surface area contributed by atoms with Gasteiger partial charge in [0.1, 0.15) is 0 Å². The second-order valence-corrected chi connectivity index (χ2v) is 8.04. The van der Waals surface area contributed by atoms with E-state index in [1.54, 1.807) is 23.0 Å². The van der Waals surface area contributed by atoms with Crippen LogP contribution in [0.5, 0.6) is 0 Å². The van der Waals surface area contributed by atoms with Crippen molar-refractivity contribution in [3.63, 3.8) is 0 Å². The summed E-state index contributed by atoms with van der Waals surface area (Å²) in [6, 6.07) is 19.2. The molecule has 1 aromatic heterocycles. The smallest absolute Gasteiger partial charge is 0.272 e. The highest BCUT2D eigenvalue weighted by molar-refractivity contribution is 6.32. The molecule has 7 heteroatoms. The van der Waals surface area contributed by atoms with E-state index in [-0.39, 0.29) is 11.9 Å². The van der Waals surface area contributed by atoms with Gasteiger partial charge in [0.25, 0.3) is 5.91 Å². The second-order valence-electron chi connectivity index (χ2n) is 7.64. The molecule has 6 nitrogen and oxygen atoms in total. The maximum absolute atomic E-state index is 13.0. The molecule has 0 radical (unpaired) electrons. The van der Waals surface area contributed by atoms with Gasteiger partial charge in [0.15, 0.2) is 5.69 Å². The molecule has 156 valence electrons. The highest BCUT2D eigenvalue weighted by atomic mass is 35.5. The second kappa shape index (κ2) is 9.43. The Morgan fingerprint density at radius 2 is 1.73 bits per heavy atom. The van der Waals surface area contributed by atoms with Gasteiger partial charge in [-0.15, -0.1) is 0 Å². The Morgan fingerprint density at radius 1 is 1.03 bits per heavy atom. The van der Waals surface area contributed by atoms with Gasteiger partial charge in [-0.05, 0) is 30.8 Å². The molecule has 3 aromatic rings. The summed E-state index contributed by atoms with van der Waals surface area (Å²) < 4.78 is 1.63. The minimum absolute atomic E-state index is 0.104. The summed E-state index contributed by atoms with van der Waals surface area (Å²) in [5, 5.41) is 8.22. The zero-order chi connectivity index (χ0) is 20.9. The quantitative estimate of drug-likeness (QED) is 0.661. The lowest BCUT2D eigenvalue weighted by Crippen LogP contribution is -2.47. The Balaban J connectivity index is 1.50. The lowest BCUT2D eigenvalue weighted by atomic mass is 10.1. The van der Waals surface area contributed by atoms with Gasteiger partial charge in [-0.2, -0.15) is 5.10 Å². The molecular weight excluding hydrogens is 398 g/mol. The molecular formula is C23H26ClN5O. The molecule has 1 aliphatic rings. The van der Waals surface area contributed by atoms with Gasteiger partial charge >= 0.3 is 0 Å². The van der Waals surface area contributed by atoms with Crippen LogP contribution in [0.2, 0.25) is 5.02 Å². The van der Waals surface area contributed by atoms with Gasteiger partial charge in [-0.25, -0.2) is 4.68 Å². The lowest BCUT2D eigenvalue weighted by molar-refractivity contribution is 0.0902. The van der Waals surface area contributed by atoms with Gasteiger partial charge in [-0.3, -0.25) is 9.69 Å². The zero-order valence-corrected chi connectivity index (χ0v) is 17.8. The number of aromatic nitrogens is 2. The molecule has 1 unspecified atom stereocenters. The summed E-state index contributed by atoms with van der Waals surface area (Å²) in [4.78, 5) is 17.7. The van der Waals surface area contributed by atoms with E-state index in [1.807, 2.05) is 36.4 Å². The number of amides is 1. The van der Waals surface area contributed by atoms with Crippen LogP contribution in [-0.2, 0) is 0 Å². The number of piperazine rings is 1. The number of nitrogens with zero attached hydrogens (tertiary/aromatic N) is 4. The van der Waals surface area contributed by atoms with Gasteiger partial charge in [0.2, 0.25) is 0 Å². The fourth-order valence-corrected chi connectivity index (χ4v) is 3.88. The standard InChI is InChI=1S/C23H26ClN5O/c1-27-13-15-28(16-14-27)17-21(18-7-3-2-4-8-18)25-23(30)20-11-12-29(26-20)22-10-6-5-9-19(22)24/h2-12,21H,13-17H2,1H3,(H,25,30). The van der Waals surface area contributed by atoms with Crippen molar-refractivity contribution in [2.75, 3.05) is 39.8 Å². The maximum Gasteiger partial charge on any atom is 0.272 e. The van der Waals surface area contributed by atoms with Crippen LogP contribution in [0.1, 0.15) is 22.1 Å². The first-order valence-corrected chi connectivity index (χ1v) is 10.6. The predicted molar refractivity (Wildman–Crippen MR) is 119 cm³/mol. The molecule has 30 heavy (non-hydrogen) atoms. The molecule has 1 fully saturated rings. The van der Waals surface area contributed by atoms with E-state index in [1.165, 1.54) is 0 Å². The third kappa shape index (κ3) is 4.90. The van der Waals surface area contributed by atoms with Crippen molar-refractivity contribution >= 4 is 17.5 Å². The number of benzene rings is 2. The fourth-order valence-electron chi connectivity index (χ4n) is 3.66. The van der Waals surface area contributed by atoms with E-state index in [0.717, 1.165) is 44.0 Å². The Bertz CT molecular complexity index is 982. The molecule has 2 aromatic carbocycles. The average molecular weight is 424 g/mol. The van der Waals surface area contributed by atoms with Crippen molar-refractivity contribution in [2.45, 2.75) is 6.04 Å². The summed E-state index contributed by atoms with van der Waals surface area (Å²) in [6.45, 7) is 4.85. The minimum atomic E-state index is -0.191. The van der Waals surface area contributed by atoms with Crippen molar-refractivity contribution < 1.29 is 4.79 Å². The van der Waals surface area contributed by atoms with Crippen LogP contribution in [0.15, 0.2) is 66.9 Å². The number of nitrogens with one attached hydrogen (secondary N) is 1. The highest BCUT2D eigenvalue weighted by Gasteiger charge is 2.22. The summed E-state index contributed by atoms with van der Waals surface area (Å²) in [5.41, 5.74) is 2.21. The normalized spacial score (nSPS) is 16.3. The van der Waals surface area contributed by atoms with Gasteiger partial charge < -0.3 is 10.2 Å². The third-order valence-electron chi connectivity index (χ3n) is 5.46. The van der Waals surface area contributed by atoms with E-state index in [2.05, 4.69) is 39.4 Å². The molecule has 2 heterocycles. The Morgan fingerprint density at radius 3 is 2.47 bits per heavy atom. The lowest BCUT2D eigenvalue weighted by Gasteiger charge is -2.35. The van der Waals surface area contributed by atoms with Crippen LogP contribution in [0.3, 0.4) is 0 Å². The first-order chi connectivity index (χ1) is 14.6. The fraction of sp³-hybridized carbons (Fsp3) is 0.304. The number of likely N-dealkylation sites (N-methyl/N-ethyl adjacent to an activating group) is 1. The van der Waals surface area contributed by atoms with Crippen molar-refractivity contribution in [1.82, 2.24) is 24.9 Å². The number of carbonyl (C=O) groups is 1.